The number of nitrogens with one attached hydrogen (secondary N) is 1. The highest BCUT2D eigenvalue weighted by Gasteiger charge is 2.22. The van der Waals surface area contributed by atoms with E-state index in [2.05, 4.69) is 5.32 Å². The van der Waals surface area contributed by atoms with E-state index in [1.54, 1.807) is 6.92 Å². The molecule has 1 fully saturated rings. The van der Waals surface area contributed by atoms with Crippen LogP contribution in [0.15, 0.2) is 0 Å². The Morgan fingerprint density at radius 1 is 1.50 bits per heavy atom. The number of aliphatic carboxylic acids is 1. The van der Waals surface area contributed by atoms with Crippen LogP contribution in [0.5, 0.6) is 0 Å². The summed E-state index contributed by atoms with van der Waals surface area (Å²) in [7, 11) is 0. The Balaban J connectivity index is 2.25. The molecule has 0 aromatic heterocycles. The molecular weight excluding hydrogens is 180 g/mol. The summed E-state index contributed by atoms with van der Waals surface area (Å²) in [6.07, 6.45) is 4.36. The summed E-state index contributed by atoms with van der Waals surface area (Å²) in [5, 5.41) is 11.9. The van der Waals surface area contributed by atoms with Gasteiger partial charge in [-0.3, -0.25) is 4.79 Å². The first-order valence-corrected chi connectivity index (χ1v) is 5.32. The maximum atomic E-state index is 10.6. The Kier molecular flexibility index (Phi) is 4.35. The van der Waals surface area contributed by atoms with Crippen LogP contribution in [0.1, 0.15) is 32.6 Å². The Morgan fingerprint density at radius 3 is 2.50 bits per heavy atom. The highest BCUT2D eigenvalue weighted by molar-refractivity contribution is 5.72. The first-order valence-electron chi connectivity index (χ1n) is 5.32. The molecule has 82 valence electrons. The lowest BCUT2D eigenvalue weighted by Crippen LogP contribution is -2.43. The number of carbonyl (C=O) groups is 1. The molecule has 4 N–H and O–H groups in total. The molecule has 0 saturated heterocycles. The molecule has 1 aliphatic rings. The highest BCUT2D eigenvalue weighted by Crippen LogP contribution is 2.23. The van der Waals surface area contributed by atoms with E-state index >= 15 is 0 Å². The Hall–Kier alpha value is -0.610. The average Bonchev–Trinajstić information content (AvgIpc) is 2.19. The third-order valence-corrected chi connectivity index (χ3v) is 3.04. The van der Waals surface area contributed by atoms with E-state index in [-0.39, 0.29) is 0 Å². The topological polar surface area (TPSA) is 75.3 Å². The summed E-state index contributed by atoms with van der Waals surface area (Å²) < 4.78 is 0. The molecule has 0 amide bonds. The lowest BCUT2D eigenvalue weighted by Gasteiger charge is -2.29. The van der Waals surface area contributed by atoms with Crippen molar-refractivity contribution in [2.45, 2.75) is 44.7 Å². The first kappa shape index (κ1) is 11.5. The molecule has 0 heterocycles. The fourth-order valence-corrected chi connectivity index (χ4v) is 1.99. The highest BCUT2D eigenvalue weighted by atomic mass is 16.4. The van der Waals surface area contributed by atoms with Crippen molar-refractivity contribution in [3.63, 3.8) is 0 Å². The number of carboxylic acid groups (broad SMARTS) is 1. The van der Waals surface area contributed by atoms with Gasteiger partial charge in [0, 0.05) is 6.04 Å². The lowest BCUT2D eigenvalue weighted by molar-refractivity contribution is -0.139. The maximum Gasteiger partial charge on any atom is 0.320 e. The average molecular weight is 200 g/mol. The van der Waals surface area contributed by atoms with E-state index in [4.69, 9.17) is 10.8 Å². The number of carboxylic acids is 1. The Labute approximate surface area is 84.9 Å². The number of hydrogen-bond donors (Lipinski definition) is 3. The van der Waals surface area contributed by atoms with Crippen molar-refractivity contribution in [2.24, 2.45) is 11.7 Å². The van der Waals surface area contributed by atoms with Crippen LogP contribution in [-0.4, -0.2) is 29.7 Å². The fraction of sp³-hybridized carbons (Fsp3) is 0.900. The smallest absolute Gasteiger partial charge is 0.320 e. The summed E-state index contributed by atoms with van der Waals surface area (Å²) in [6.45, 7) is 2.46. The van der Waals surface area contributed by atoms with Gasteiger partial charge in [0.1, 0.15) is 6.04 Å². The molecule has 4 heteroatoms. The van der Waals surface area contributed by atoms with Crippen LogP contribution in [0.25, 0.3) is 0 Å². The molecule has 0 aromatic carbocycles. The van der Waals surface area contributed by atoms with Gasteiger partial charge in [0.2, 0.25) is 0 Å². The predicted molar refractivity (Wildman–Crippen MR) is 55.0 cm³/mol. The standard InChI is InChI=1S/C10H20N2O2/c1-7(10(13)14)12-9-4-2-8(6-11)3-5-9/h7-9,12H,2-6,11H2,1H3,(H,13,14)/t7-,8?,9?/m0/s1. The van der Waals surface area contributed by atoms with Crippen LogP contribution in [0.2, 0.25) is 0 Å². The van der Waals surface area contributed by atoms with Crippen molar-refractivity contribution in [3.8, 4) is 0 Å². The number of rotatable bonds is 4. The summed E-state index contributed by atoms with van der Waals surface area (Å²) in [5.41, 5.74) is 5.58. The van der Waals surface area contributed by atoms with E-state index in [1.165, 1.54) is 0 Å². The molecule has 14 heavy (non-hydrogen) atoms. The molecule has 0 radical (unpaired) electrons. The molecule has 0 bridgehead atoms. The summed E-state index contributed by atoms with van der Waals surface area (Å²) in [5.74, 6) is -0.126. The molecule has 0 aromatic rings. The van der Waals surface area contributed by atoms with Gasteiger partial charge in [-0.05, 0) is 45.1 Å². The zero-order valence-electron chi connectivity index (χ0n) is 8.70. The second-order valence-corrected chi connectivity index (χ2v) is 4.18. The minimum Gasteiger partial charge on any atom is -0.480 e. The third kappa shape index (κ3) is 3.27. The molecule has 0 spiro atoms. The SMILES string of the molecule is C[C@H](NC1CCC(CN)CC1)C(=O)O. The van der Waals surface area contributed by atoms with Gasteiger partial charge in [-0.2, -0.15) is 0 Å². The van der Waals surface area contributed by atoms with E-state index in [0.29, 0.717) is 12.0 Å². The van der Waals surface area contributed by atoms with Gasteiger partial charge in [0.25, 0.3) is 0 Å². The van der Waals surface area contributed by atoms with E-state index in [9.17, 15) is 4.79 Å². The van der Waals surface area contributed by atoms with E-state index < -0.39 is 12.0 Å². The van der Waals surface area contributed by atoms with Crippen molar-refractivity contribution in [2.75, 3.05) is 6.54 Å². The zero-order valence-corrected chi connectivity index (χ0v) is 8.70. The predicted octanol–water partition coefficient (Wildman–Crippen LogP) is 0.567. The van der Waals surface area contributed by atoms with Crippen LogP contribution >= 0.6 is 0 Å². The third-order valence-electron chi connectivity index (χ3n) is 3.04. The molecular formula is C10H20N2O2. The van der Waals surface area contributed by atoms with Gasteiger partial charge in [-0.25, -0.2) is 0 Å². The van der Waals surface area contributed by atoms with Crippen molar-refractivity contribution in [1.29, 1.82) is 0 Å². The molecule has 0 aliphatic heterocycles. The van der Waals surface area contributed by atoms with Gasteiger partial charge in [0.05, 0.1) is 0 Å². The Bertz CT molecular complexity index is 189. The van der Waals surface area contributed by atoms with Gasteiger partial charge < -0.3 is 16.2 Å². The Morgan fingerprint density at radius 2 is 2.07 bits per heavy atom. The van der Waals surface area contributed by atoms with Crippen molar-refractivity contribution >= 4 is 5.97 Å². The first-order chi connectivity index (χ1) is 6.63. The minimum absolute atomic E-state index is 0.365. The second-order valence-electron chi connectivity index (χ2n) is 4.18. The molecule has 1 aliphatic carbocycles. The summed E-state index contributed by atoms with van der Waals surface area (Å²) in [4.78, 5) is 10.6. The molecule has 4 nitrogen and oxygen atoms in total. The molecule has 1 atom stereocenters. The molecule has 1 saturated carbocycles. The monoisotopic (exact) mass is 200 g/mol. The minimum atomic E-state index is -0.772. The number of hydrogen-bond acceptors (Lipinski definition) is 3. The van der Waals surface area contributed by atoms with Crippen molar-refractivity contribution in [1.82, 2.24) is 5.32 Å². The quantitative estimate of drug-likeness (QED) is 0.620. The second kappa shape index (κ2) is 5.32. The molecule has 1 rings (SSSR count). The van der Waals surface area contributed by atoms with Gasteiger partial charge in [-0.15, -0.1) is 0 Å². The summed E-state index contributed by atoms with van der Waals surface area (Å²) in [6, 6.07) is -0.0710. The fourth-order valence-electron chi connectivity index (χ4n) is 1.99. The van der Waals surface area contributed by atoms with Crippen LogP contribution in [0.4, 0.5) is 0 Å². The van der Waals surface area contributed by atoms with Crippen LogP contribution in [-0.2, 0) is 4.79 Å². The lowest BCUT2D eigenvalue weighted by atomic mass is 9.86. The number of nitrogens with two attached hydrogens (primary N) is 1. The molecule has 0 unspecified atom stereocenters. The normalized spacial score (nSPS) is 29.9. The van der Waals surface area contributed by atoms with E-state index in [1.807, 2.05) is 0 Å². The largest absolute Gasteiger partial charge is 0.480 e. The van der Waals surface area contributed by atoms with E-state index in [0.717, 1.165) is 32.2 Å². The van der Waals surface area contributed by atoms with Crippen molar-refractivity contribution < 1.29 is 9.90 Å². The van der Waals surface area contributed by atoms with Gasteiger partial charge in [-0.1, -0.05) is 0 Å². The van der Waals surface area contributed by atoms with Crippen LogP contribution < -0.4 is 11.1 Å². The van der Waals surface area contributed by atoms with Crippen molar-refractivity contribution in [3.05, 3.63) is 0 Å². The maximum absolute atomic E-state index is 10.6. The zero-order chi connectivity index (χ0) is 10.6. The van der Waals surface area contributed by atoms with Gasteiger partial charge in [0.15, 0.2) is 0 Å². The van der Waals surface area contributed by atoms with Crippen LogP contribution in [0.3, 0.4) is 0 Å². The summed E-state index contributed by atoms with van der Waals surface area (Å²) >= 11 is 0. The van der Waals surface area contributed by atoms with Gasteiger partial charge >= 0.3 is 5.97 Å². The van der Waals surface area contributed by atoms with Crippen LogP contribution in [0, 0.1) is 5.92 Å².